The van der Waals surface area contributed by atoms with Gasteiger partial charge in [0, 0.05) is 18.7 Å². The zero-order chi connectivity index (χ0) is 15.5. The molecule has 1 aromatic rings. The second-order valence-electron chi connectivity index (χ2n) is 4.32. The van der Waals surface area contributed by atoms with Gasteiger partial charge < -0.3 is 4.90 Å². The van der Waals surface area contributed by atoms with Gasteiger partial charge in [0.25, 0.3) is 5.91 Å². The maximum atomic E-state index is 13.1. The number of nitriles is 1. The van der Waals surface area contributed by atoms with Gasteiger partial charge in [0.15, 0.2) is 0 Å². The van der Waals surface area contributed by atoms with Crippen molar-refractivity contribution in [3.8, 4) is 6.07 Å². The van der Waals surface area contributed by atoms with Crippen molar-refractivity contribution in [2.75, 3.05) is 7.05 Å². The third kappa shape index (κ3) is 3.47. The molecule has 0 saturated heterocycles. The first-order valence-corrected chi connectivity index (χ1v) is 5.69. The van der Waals surface area contributed by atoms with E-state index >= 15 is 0 Å². The van der Waals surface area contributed by atoms with Gasteiger partial charge in [-0.1, -0.05) is 0 Å². The maximum absolute atomic E-state index is 13.1. The summed E-state index contributed by atoms with van der Waals surface area (Å²) in [6.07, 6.45) is -4.81. The lowest BCUT2D eigenvalue weighted by Gasteiger charge is -2.23. The number of hydrogen-bond acceptors (Lipinski definition) is 2. The van der Waals surface area contributed by atoms with Gasteiger partial charge in [-0.05, 0) is 25.1 Å². The molecule has 3 nitrogen and oxygen atoms in total. The van der Waals surface area contributed by atoms with Crippen LogP contribution >= 0.6 is 0 Å². The molecule has 0 heterocycles. The van der Waals surface area contributed by atoms with Gasteiger partial charge in [-0.25, -0.2) is 4.39 Å². The second kappa shape index (κ2) is 5.90. The number of carbonyl (C=O) groups excluding carboxylic acids is 1. The highest BCUT2D eigenvalue weighted by Gasteiger charge is 2.35. The Morgan fingerprint density at radius 1 is 1.45 bits per heavy atom. The first-order chi connectivity index (χ1) is 9.18. The third-order valence-corrected chi connectivity index (χ3v) is 2.89. The minimum atomic E-state index is -4.86. The first kappa shape index (κ1) is 16.0. The molecule has 0 N–H and O–H groups in total. The molecule has 0 bridgehead atoms. The van der Waals surface area contributed by atoms with Crippen molar-refractivity contribution in [2.45, 2.75) is 25.6 Å². The van der Waals surface area contributed by atoms with E-state index in [9.17, 15) is 22.4 Å². The van der Waals surface area contributed by atoms with E-state index in [1.165, 1.54) is 7.05 Å². The largest absolute Gasteiger partial charge is 0.419 e. The Kier molecular flexibility index (Phi) is 4.71. The number of alkyl halides is 3. The molecular formula is C13H12F4N2O. The summed E-state index contributed by atoms with van der Waals surface area (Å²) in [7, 11) is 1.38. The molecule has 1 aromatic carbocycles. The molecule has 0 spiro atoms. The summed E-state index contributed by atoms with van der Waals surface area (Å²) in [5.41, 5.74) is -1.75. The van der Waals surface area contributed by atoms with Gasteiger partial charge in [-0.15, -0.1) is 0 Å². The van der Waals surface area contributed by atoms with E-state index < -0.39 is 29.5 Å². The monoisotopic (exact) mass is 288 g/mol. The van der Waals surface area contributed by atoms with Gasteiger partial charge in [0.2, 0.25) is 0 Å². The first-order valence-electron chi connectivity index (χ1n) is 5.69. The van der Waals surface area contributed by atoms with Gasteiger partial charge in [-0.2, -0.15) is 18.4 Å². The molecule has 7 heteroatoms. The molecule has 0 radical (unpaired) electrons. The topological polar surface area (TPSA) is 44.1 Å². The number of nitrogens with zero attached hydrogens (tertiary/aromatic N) is 2. The van der Waals surface area contributed by atoms with Crippen LogP contribution in [-0.4, -0.2) is 23.9 Å². The van der Waals surface area contributed by atoms with Crippen molar-refractivity contribution < 1.29 is 22.4 Å². The second-order valence-corrected chi connectivity index (χ2v) is 4.32. The lowest BCUT2D eigenvalue weighted by atomic mass is 10.1. The Bertz CT molecular complexity index is 548. The zero-order valence-corrected chi connectivity index (χ0v) is 10.8. The van der Waals surface area contributed by atoms with Crippen molar-refractivity contribution in [2.24, 2.45) is 0 Å². The fraction of sp³-hybridized carbons (Fsp3) is 0.385. The van der Waals surface area contributed by atoms with Crippen LogP contribution in [0.4, 0.5) is 17.6 Å². The highest BCUT2D eigenvalue weighted by molar-refractivity contribution is 5.94. The van der Waals surface area contributed by atoms with Crippen LogP contribution in [0, 0.1) is 17.1 Å². The molecule has 108 valence electrons. The number of carbonyl (C=O) groups is 1. The summed E-state index contributed by atoms with van der Waals surface area (Å²) < 4.78 is 50.8. The van der Waals surface area contributed by atoms with E-state index in [2.05, 4.69) is 0 Å². The summed E-state index contributed by atoms with van der Waals surface area (Å²) in [4.78, 5) is 13.1. The predicted molar refractivity (Wildman–Crippen MR) is 63.2 cm³/mol. The standard InChI is InChI=1S/C13H12F4N2O/c1-8(5-6-18)19(2)12(20)9-3-4-11(14)10(7-9)13(15,16)17/h3-4,7-8H,5H2,1-2H3. The van der Waals surface area contributed by atoms with E-state index in [-0.39, 0.29) is 12.0 Å². The predicted octanol–water partition coefficient (Wildman–Crippen LogP) is 3.22. The molecule has 1 unspecified atom stereocenters. The van der Waals surface area contributed by atoms with Crippen molar-refractivity contribution in [3.05, 3.63) is 35.1 Å². The van der Waals surface area contributed by atoms with E-state index in [1.54, 1.807) is 6.92 Å². The van der Waals surface area contributed by atoms with Gasteiger partial charge in [0.05, 0.1) is 18.1 Å². The van der Waals surface area contributed by atoms with E-state index in [0.717, 1.165) is 11.0 Å². The number of amides is 1. The van der Waals surface area contributed by atoms with Crippen LogP contribution in [0.15, 0.2) is 18.2 Å². The highest BCUT2D eigenvalue weighted by Crippen LogP contribution is 2.32. The lowest BCUT2D eigenvalue weighted by molar-refractivity contribution is -0.140. The summed E-state index contributed by atoms with van der Waals surface area (Å²) in [5.74, 6) is -2.12. The maximum Gasteiger partial charge on any atom is 0.419 e. The third-order valence-electron chi connectivity index (χ3n) is 2.89. The molecule has 0 aromatic heterocycles. The molecule has 0 aliphatic carbocycles. The molecule has 0 aliphatic rings. The number of benzene rings is 1. The normalized spacial score (nSPS) is 12.7. The van der Waals surface area contributed by atoms with E-state index in [1.807, 2.05) is 6.07 Å². The highest BCUT2D eigenvalue weighted by atomic mass is 19.4. The molecule has 1 rings (SSSR count). The van der Waals surface area contributed by atoms with E-state index in [4.69, 9.17) is 5.26 Å². The molecule has 1 atom stereocenters. The summed E-state index contributed by atoms with van der Waals surface area (Å²) in [6.45, 7) is 1.59. The van der Waals surface area contributed by atoms with Gasteiger partial charge in [0.1, 0.15) is 5.82 Å². The lowest BCUT2D eigenvalue weighted by Crippen LogP contribution is -2.35. The Hall–Kier alpha value is -2.10. The SMILES string of the molecule is CC(CC#N)N(C)C(=O)c1ccc(F)c(C(F)(F)F)c1. The summed E-state index contributed by atoms with van der Waals surface area (Å²) >= 11 is 0. The Morgan fingerprint density at radius 2 is 2.05 bits per heavy atom. The molecular weight excluding hydrogens is 276 g/mol. The number of rotatable bonds is 3. The number of hydrogen-bond donors (Lipinski definition) is 0. The minimum absolute atomic E-state index is 0.0512. The number of halogens is 4. The average molecular weight is 288 g/mol. The van der Waals surface area contributed by atoms with Crippen LogP contribution in [0.2, 0.25) is 0 Å². The molecule has 1 amide bonds. The Morgan fingerprint density at radius 3 is 2.55 bits per heavy atom. The van der Waals surface area contributed by atoms with E-state index in [0.29, 0.717) is 12.1 Å². The van der Waals surface area contributed by atoms with Crippen molar-refractivity contribution in [1.29, 1.82) is 5.26 Å². The molecule has 0 fully saturated rings. The van der Waals surface area contributed by atoms with Crippen LogP contribution in [-0.2, 0) is 6.18 Å². The van der Waals surface area contributed by atoms with Crippen LogP contribution in [0.5, 0.6) is 0 Å². The molecule has 0 aliphatic heterocycles. The summed E-state index contributed by atoms with van der Waals surface area (Å²) in [6, 6.07) is 3.49. The van der Waals surface area contributed by atoms with Crippen LogP contribution in [0.25, 0.3) is 0 Å². The smallest absolute Gasteiger partial charge is 0.338 e. The average Bonchev–Trinajstić information content (AvgIpc) is 2.36. The van der Waals surface area contributed by atoms with Crippen molar-refractivity contribution in [3.63, 3.8) is 0 Å². The van der Waals surface area contributed by atoms with Crippen LogP contribution < -0.4 is 0 Å². The Labute approximate surface area is 113 Å². The van der Waals surface area contributed by atoms with Gasteiger partial charge in [-0.3, -0.25) is 4.79 Å². The van der Waals surface area contributed by atoms with Crippen molar-refractivity contribution in [1.82, 2.24) is 4.90 Å². The minimum Gasteiger partial charge on any atom is -0.338 e. The van der Waals surface area contributed by atoms with Crippen molar-refractivity contribution >= 4 is 5.91 Å². The quantitative estimate of drug-likeness (QED) is 0.802. The zero-order valence-electron chi connectivity index (χ0n) is 10.8. The summed E-state index contributed by atoms with van der Waals surface area (Å²) in [5, 5.41) is 8.54. The molecule has 20 heavy (non-hydrogen) atoms. The Balaban J connectivity index is 3.10. The fourth-order valence-electron chi connectivity index (χ4n) is 1.55. The molecule has 0 saturated carbocycles. The van der Waals surface area contributed by atoms with Crippen LogP contribution in [0.1, 0.15) is 29.3 Å². The van der Waals surface area contributed by atoms with Crippen LogP contribution in [0.3, 0.4) is 0 Å². The fourth-order valence-corrected chi connectivity index (χ4v) is 1.55. The van der Waals surface area contributed by atoms with Gasteiger partial charge >= 0.3 is 6.18 Å².